The molecule has 0 radical (unpaired) electrons. The van der Waals surface area contributed by atoms with Gasteiger partial charge in [0.05, 0.1) is 0 Å². The lowest BCUT2D eigenvalue weighted by atomic mass is 10.1. The highest BCUT2D eigenvalue weighted by Crippen LogP contribution is 2.23. The third kappa shape index (κ3) is 4.34. The summed E-state index contributed by atoms with van der Waals surface area (Å²) in [6, 6.07) is 15.0. The molecule has 0 fully saturated rings. The minimum absolute atomic E-state index is 0.0855. The highest BCUT2D eigenvalue weighted by Gasteiger charge is 2.20. The van der Waals surface area contributed by atoms with Gasteiger partial charge in [0.15, 0.2) is 0 Å². The standard InChI is InChI=1S/C24H21FN4O3/c1-14-7-9-17(10-8-14)22-27-23(32-28-22)21-15(2)11-16(3)29(24(21)31)13-20(30)26-19-6-4-5-18(25)12-19/h4-12H,13H2,1-3H3,(H,26,30). The largest absolute Gasteiger partial charge is 0.333 e. The average Bonchev–Trinajstić information content (AvgIpc) is 3.21. The van der Waals surface area contributed by atoms with Crippen LogP contribution in [0, 0.1) is 26.6 Å². The maximum Gasteiger partial charge on any atom is 0.264 e. The van der Waals surface area contributed by atoms with Crippen LogP contribution >= 0.6 is 0 Å². The topological polar surface area (TPSA) is 90.0 Å². The Morgan fingerprint density at radius 1 is 1.09 bits per heavy atom. The smallest absolute Gasteiger partial charge is 0.264 e. The van der Waals surface area contributed by atoms with Gasteiger partial charge in [-0.25, -0.2) is 4.39 Å². The number of halogens is 1. The van der Waals surface area contributed by atoms with Crippen molar-refractivity contribution >= 4 is 11.6 Å². The van der Waals surface area contributed by atoms with Crippen LogP contribution in [0.15, 0.2) is 63.9 Å². The van der Waals surface area contributed by atoms with Crippen molar-refractivity contribution in [3.8, 4) is 22.8 Å². The third-order valence-corrected chi connectivity index (χ3v) is 5.06. The fourth-order valence-electron chi connectivity index (χ4n) is 3.44. The predicted octanol–water partition coefficient (Wildman–Crippen LogP) is 4.27. The first kappa shape index (κ1) is 21.2. The maximum absolute atomic E-state index is 13.4. The Balaban J connectivity index is 1.65. The number of anilines is 1. The maximum atomic E-state index is 13.4. The number of aromatic nitrogens is 3. The number of nitrogens with one attached hydrogen (secondary N) is 1. The molecular formula is C24H21FN4O3. The first-order valence-electron chi connectivity index (χ1n) is 9.99. The summed E-state index contributed by atoms with van der Waals surface area (Å²) in [7, 11) is 0. The van der Waals surface area contributed by atoms with Gasteiger partial charge in [0.25, 0.3) is 11.4 Å². The fourth-order valence-corrected chi connectivity index (χ4v) is 3.44. The van der Waals surface area contributed by atoms with Crippen molar-refractivity contribution in [2.75, 3.05) is 5.32 Å². The van der Waals surface area contributed by atoms with Crippen molar-refractivity contribution < 1.29 is 13.7 Å². The van der Waals surface area contributed by atoms with E-state index < -0.39 is 17.3 Å². The van der Waals surface area contributed by atoms with Gasteiger partial charge in [-0.3, -0.25) is 9.59 Å². The zero-order valence-corrected chi connectivity index (χ0v) is 17.8. The van der Waals surface area contributed by atoms with Gasteiger partial charge < -0.3 is 14.4 Å². The molecule has 32 heavy (non-hydrogen) atoms. The van der Waals surface area contributed by atoms with E-state index in [9.17, 15) is 14.0 Å². The molecule has 0 aliphatic heterocycles. The second-order valence-electron chi connectivity index (χ2n) is 7.58. The molecule has 2 aromatic carbocycles. The molecule has 0 aliphatic carbocycles. The van der Waals surface area contributed by atoms with Gasteiger partial charge in [0.1, 0.15) is 17.9 Å². The minimum Gasteiger partial charge on any atom is -0.333 e. The molecule has 0 unspecified atom stereocenters. The van der Waals surface area contributed by atoms with E-state index in [4.69, 9.17) is 4.52 Å². The second-order valence-corrected chi connectivity index (χ2v) is 7.58. The van der Waals surface area contributed by atoms with Crippen LogP contribution in [0.3, 0.4) is 0 Å². The van der Waals surface area contributed by atoms with Crippen molar-refractivity contribution in [2.24, 2.45) is 0 Å². The lowest BCUT2D eigenvalue weighted by Crippen LogP contribution is -2.30. The van der Waals surface area contributed by atoms with Gasteiger partial charge in [-0.15, -0.1) is 0 Å². The molecule has 2 heterocycles. The van der Waals surface area contributed by atoms with Gasteiger partial charge in [-0.2, -0.15) is 4.98 Å². The fraction of sp³-hybridized carbons (Fsp3) is 0.167. The van der Waals surface area contributed by atoms with Crippen molar-refractivity contribution in [2.45, 2.75) is 27.3 Å². The number of rotatable bonds is 5. The molecule has 4 aromatic rings. The third-order valence-electron chi connectivity index (χ3n) is 5.06. The molecule has 7 nitrogen and oxygen atoms in total. The highest BCUT2D eigenvalue weighted by molar-refractivity contribution is 5.90. The van der Waals surface area contributed by atoms with E-state index in [0.29, 0.717) is 22.8 Å². The van der Waals surface area contributed by atoms with Crippen molar-refractivity contribution in [3.05, 3.63) is 87.6 Å². The van der Waals surface area contributed by atoms with Crippen LogP contribution < -0.4 is 10.9 Å². The number of amides is 1. The SMILES string of the molecule is Cc1ccc(-c2noc(-c3c(C)cc(C)n(CC(=O)Nc4cccc(F)c4)c3=O)n2)cc1. The summed E-state index contributed by atoms with van der Waals surface area (Å²) < 4.78 is 20.1. The number of nitrogens with zero attached hydrogens (tertiary/aromatic N) is 3. The lowest BCUT2D eigenvalue weighted by Gasteiger charge is -2.13. The zero-order valence-electron chi connectivity index (χ0n) is 17.8. The molecule has 0 spiro atoms. The number of hydrogen-bond donors (Lipinski definition) is 1. The molecule has 0 aliphatic rings. The molecular weight excluding hydrogens is 411 g/mol. The van der Waals surface area contributed by atoms with Crippen LogP contribution in [0.1, 0.15) is 16.8 Å². The van der Waals surface area contributed by atoms with Gasteiger partial charge in [0, 0.05) is 16.9 Å². The zero-order chi connectivity index (χ0) is 22.8. The van der Waals surface area contributed by atoms with E-state index in [-0.39, 0.29) is 18.0 Å². The summed E-state index contributed by atoms with van der Waals surface area (Å²) in [6.45, 7) is 5.25. The monoisotopic (exact) mass is 432 g/mol. The first-order chi connectivity index (χ1) is 15.3. The van der Waals surface area contributed by atoms with E-state index in [0.717, 1.165) is 11.1 Å². The number of pyridine rings is 1. The van der Waals surface area contributed by atoms with Gasteiger partial charge in [-0.1, -0.05) is 41.1 Å². The van der Waals surface area contributed by atoms with E-state index in [1.54, 1.807) is 26.0 Å². The van der Waals surface area contributed by atoms with Crippen LogP contribution in [-0.4, -0.2) is 20.6 Å². The number of carbonyl (C=O) groups is 1. The molecule has 0 saturated heterocycles. The van der Waals surface area contributed by atoms with E-state index in [1.165, 1.54) is 22.8 Å². The van der Waals surface area contributed by atoms with E-state index >= 15 is 0 Å². The van der Waals surface area contributed by atoms with Gasteiger partial charge >= 0.3 is 0 Å². The van der Waals surface area contributed by atoms with Crippen LogP contribution in [0.5, 0.6) is 0 Å². The van der Waals surface area contributed by atoms with Gasteiger partial charge in [-0.05, 0) is 50.6 Å². The van der Waals surface area contributed by atoms with Crippen molar-refractivity contribution in [1.29, 1.82) is 0 Å². The quantitative estimate of drug-likeness (QED) is 0.509. The molecule has 0 saturated carbocycles. The Labute approximate surface area is 183 Å². The average molecular weight is 432 g/mol. The van der Waals surface area contributed by atoms with Crippen molar-refractivity contribution in [1.82, 2.24) is 14.7 Å². The number of aryl methyl sites for hydroxylation is 3. The van der Waals surface area contributed by atoms with Gasteiger partial charge in [0.2, 0.25) is 11.7 Å². The van der Waals surface area contributed by atoms with E-state index in [1.807, 2.05) is 31.2 Å². The molecule has 1 N–H and O–H groups in total. The Morgan fingerprint density at radius 2 is 1.84 bits per heavy atom. The van der Waals surface area contributed by atoms with Crippen LogP contribution in [0.25, 0.3) is 22.8 Å². The lowest BCUT2D eigenvalue weighted by molar-refractivity contribution is -0.116. The summed E-state index contributed by atoms with van der Waals surface area (Å²) in [5.74, 6) is -0.465. The predicted molar refractivity (Wildman–Crippen MR) is 119 cm³/mol. The van der Waals surface area contributed by atoms with E-state index in [2.05, 4.69) is 15.5 Å². The number of benzene rings is 2. The molecule has 0 atom stereocenters. The first-order valence-corrected chi connectivity index (χ1v) is 9.99. The Hall–Kier alpha value is -4.07. The summed E-state index contributed by atoms with van der Waals surface area (Å²) in [6.07, 6.45) is 0. The van der Waals surface area contributed by atoms with Crippen molar-refractivity contribution in [3.63, 3.8) is 0 Å². The Morgan fingerprint density at radius 3 is 2.56 bits per heavy atom. The Bertz CT molecular complexity index is 1360. The highest BCUT2D eigenvalue weighted by atomic mass is 19.1. The molecule has 8 heteroatoms. The minimum atomic E-state index is -0.463. The molecule has 2 aromatic heterocycles. The number of hydrogen-bond acceptors (Lipinski definition) is 5. The summed E-state index contributed by atoms with van der Waals surface area (Å²) in [5, 5.41) is 6.60. The van der Waals surface area contributed by atoms with Crippen LogP contribution in [0.4, 0.5) is 10.1 Å². The second kappa shape index (κ2) is 8.58. The summed E-state index contributed by atoms with van der Waals surface area (Å²) in [4.78, 5) is 30.1. The summed E-state index contributed by atoms with van der Waals surface area (Å²) >= 11 is 0. The Kier molecular flexibility index (Phi) is 5.68. The normalized spacial score (nSPS) is 10.9. The van der Waals surface area contributed by atoms with Crippen LogP contribution in [0.2, 0.25) is 0 Å². The molecule has 4 rings (SSSR count). The molecule has 162 valence electrons. The molecule has 1 amide bonds. The van der Waals surface area contributed by atoms with Crippen LogP contribution in [-0.2, 0) is 11.3 Å². The summed E-state index contributed by atoms with van der Waals surface area (Å²) in [5.41, 5.74) is 3.26. The molecule has 0 bridgehead atoms. The number of carbonyl (C=O) groups excluding carboxylic acids is 1.